The summed E-state index contributed by atoms with van der Waals surface area (Å²) in [6, 6.07) is 11.5. The van der Waals surface area contributed by atoms with Crippen molar-refractivity contribution in [1.82, 2.24) is 14.5 Å². The summed E-state index contributed by atoms with van der Waals surface area (Å²) in [6.45, 7) is 3.25. The number of hydrogen-bond acceptors (Lipinski definition) is 6. The first kappa shape index (κ1) is 24.2. The quantitative estimate of drug-likeness (QED) is 0.612. The molecule has 2 atom stereocenters. The maximum absolute atomic E-state index is 13.1. The van der Waals surface area contributed by atoms with Crippen molar-refractivity contribution in [2.75, 3.05) is 39.8 Å². The van der Waals surface area contributed by atoms with Gasteiger partial charge in [0.2, 0.25) is 5.91 Å². The average molecular weight is 492 g/mol. The second-order valence-corrected chi connectivity index (χ2v) is 11.9. The number of nitrogens with one attached hydrogen (secondary N) is 1. The van der Waals surface area contributed by atoms with Gasteiger partial charge in [0.05, 0.1) is 19.1 Å². The number of ether oxygens (including phenoxy) is 1. The molecule has 0 spiro atoms. The second kappa shape index (κ2) is 11.0. The molecule has 2 aromatic rings. The molecule has 2 aliphatic rings. The molecule has 0 saturated carbocycles. The molecule has 7 nitrogen and oxygen atoms in total. The summed E-state index contributed by atoms with van der Waals surface area (Å²) in [5.41, 5.74) is 1.16. The van der Waals surface area contributed by atoms with Crippen molar-refractivity contribution >= 4 is 27.3 Å². The van der Waals surface area contributed by atoms with Crippen molar-refractivity contribution in [3.05, 3.63) is 47.3 Å². The van der Waals surface area contributed by atoms with Gasteiger partial charge in [-0.25, -0.2) is 8.42 Å². The summed E-state index contributed by atoms with van der Waals surface area (Å²) in [5, 5.41) is 4.92. The maximum Gasteiger partial charge on any atom is 0.252 e. The molecule has 0 unspecified atom stereocenters. The van der Waals surface area contributed by atoms with E-state index in [1.807, 2.05) is 12.1 Å². The third kappa shape index (κ3) is 5.77. The first-order valence-electron chi connectivity index (χ1n) is 11.7. The minimum Gasteiger partial charge on any atom is -0.497 e. The molecule has 0 aliphatic carbocycles. The maximum atomic E-state index is 13.1. The Labute approximate surface area is 200 Å². The topological polar surface area (TPSA) is 79.0 Å². The van der Waals surface area contributed by atoms with E-state index in [2.05, 4.69) is 22.3 Å². The zero-order valence-corrected chi connectivity index (χ0v) is 20.7. The number of piperidine rings is 2. The lowest BCUT2D eigenvalue weighted by Gasteiger charge is -2.36. The highest BCUT2D eigenvalue weighted by Gasteiger charge is 2.34. The molecule has 4 rings (SSSR count). The van der Waals surface area contributed by atoms with Crippen LogP contribution in [-0.4, -0.2) is 63.4 Å². The molecule has 3 heterocycles. The van der Waals surface area contributed by atoms with Gasteiger partial charge in [0.1, 0.15) is 9.96 Å². The molecular formula is C24H33N3O4S2. The van der Waals surface area contributed by atoms with Crippen LogP contribution in [0.5, 0.6) is 5.75 Å². The van der Waals surface area contributed by atoms with Gasteiger partial charge in [-0.2, -0.15) is 4.31 Å². The molecule has 1 N–H and O–H groups in total. The van der Waals surface area contributed by atoms with Crippen LogP contribution in [0.15, 0.2) is 46.0 Å². The van der Waals surface area contributed by atoms with Crippen molar-refractivity contribution in [3.8, 4) is 5.75 Å². The summed E-state index contributed by atoms with van der Waals surface area (Å²) < 4.78 is 32.9. The van der Waals surface area contributed by atoms with Crippen molar-refractivity contribution in [3.63, 3.8) is 0 Å². The third-order valence-electron chi connectivity index (χ3n) is 6.65. The van der Waals surface area contributed by atoms with Crippen LogP contribution in [-0.2, 0) is 14.8 Å². The van der Waals surface area contributed by atoms with E-state index in [1.165, 1.54) is 34.9 Å². The highest BCUT2D eigenvalue weighted by atomic mass is 32.2. The molecular weight excluding hydrogens is 458 g/mol. The number of likely N-dealkylation sites (tertiary alicyclic amines) is 1. The van der Waals surface area contributed by atoms with Gasteiger partial charge in [-0.15, -0.1) is 11.3 Å². The van der Waals surface area contributed by atoms with E-state index >= 15 is 0 Å². The summed E-state index contributed by atoms with van der Waals surface area (Å²) in [5.74, 6) is 0.428. The summed E-state index contributed by atoms with van der Waals surface area (Å²) in [6.07, 6.45) is 4.97. The molecule has 2 saturated heterocycles. The normalized spacial score (nSPS) is 21.4. The van der Waals surface area contributed by atoms with Crippen LogP contribution in [0, 0.1) is 5.92 Å². The van der Waals surface area contributed by atoms with Crippen molar-refractivity contribution in [2.24, 2.45) is 5.92 Å². The zero-order valence-electron chi connectivity index (χ0n) is 19.1. The predicted octanol–water partition coefficient (Wildman–Crippen LogP) is 3.50. The number of hydrogen-bond donors (Lipinski definition) is 1. The Balaban J connectivity index is 1.42. The number of nitrogens with zero attached hydrogens (tertiary/aromatic N) is 2. The fourth-order valence-corrected chi connectivity index (χ4v) is 7.44. The fourth-order valence-electron chi connectivity index (χ4n) is 4.77. The molecule has 180 valence electrons. The molecule has 1 aromatic carbocycles. The van der Waals surface area contributed by atoms with Crippen molar-refractivity contribution in [2.45, 2.75) is 42.4 Å². The molecule has 2 fully saturated rings. The van der Waals surface area contributed by atoms with Gasteiger partial charge in [-0.05, 0) is 67.9 Å². The van der Waals surface area contributed by atoms with Crippen LogP contribution in [0.1, 0.15) is 43.7 Å². The van der Waals surface area contributed by atoms with E-state index in [0.717, 1.165) is 24.4 Å². The smallest absolute Gasteiger partial charge is 0.252 e. The molecule has 1 aromatic heterocycles. The van der Waals surface area contributed by atoms with E-state index in [-0.39, 0.29) is 24.4 Å². The molecule has 2 aliphatic heterocycles. The molecule has 33 heavy (non-hydrogen) atoms. The van der Waals surface area contributed by atoms with Gasteiger partial charge in [0.25, 0.3) is 10.0 Å². The van der Waals surface area contributed by atoms with Crippen LogP contribution in [0.25, 0.3) is 0 Å². The summed E-state index contributed by atoms with van der Waals surface area (Å²) in [7, 11) is -1.88. The van der Waals surface area contributed by atoms with Gasteiger partial charge in [-0.3, -0.25) is 9.69 Å². The van der Waals surface area contributed by atoms with Gasteiger partial charge >= 0.3 is 0 Å². The largest absolute Gasteiger partial charge is 0.497 e. The second-order valence-electron chi connectivity index (χ2n) is 8.77. The first-order chi connectivity index (χ1) is 16.0. The van der Waals surface area contributed by atoms with Crippen LogP contribution in [0.2, 0.25) is 0 Å². The number of thiophene rings is 1. The van der Waals surface area contributed by atoms with Gasteiger partial charge in [0, 0.05) is 19.6 Å². The van der Waals surface area contributed by atoms with Gasteiger partial charge in [-0.1, -0.05) is 24.6 Å². The minimum absolute atomic E-state index is 0.0587. The van der Waals surface area contributed by atoms with Gasteiger partial charge in [0.15, 0.2) is 0 Å². The highest BCUT2D eigenvalue weighted by molar-refractivity contribution is 7.91. The monoisotopic (exact) mass is 491 g/mol. The highest BCUT2D eigenvalue weighted by Crippen LogP contribution is 2.28. The number of methoxy groups -OCH3 is 1. The Morgan fingerprint density at radius 1 is 1.12 bits per heavy atom. The lowest BCUT2D eigenvalue weighted by molar-refractivity contribution is -0.126. The summed E-state index contributed by atoms with van der Waals surface area (Å²) in [4.78, 5) is 15.6. The fraction of sp³-hybridized carbons (Fsp3) is 0.542. The van der Waals surface area contributed by atoms with E-state index in [1.54, 1.807) is 24.6 Å². The Morgan fingerprint density at radius 3 is 2.55 bits per heavy atom. The van der Waals surface area contributed by atoms with Crippen LogP contribution < -0.4 is 10.1 Å². The lowest BCUT2D eigenvalue weighted by Crippen LogP contribution is -2.47. The van der Waals surface area contributed by atoms with E-state index < -0.39 is 10.0 Å². The van der Waals surface area contributed by atoms with Crippen molar-refractivity contribution in [1.29, 1.82) is 0 Å². The van der Waals surface area contributed by atoms with E-state index in [0.29, 0.717) is 30.1 Å². The van der Waals surface area contributed by atoms with E-state index in [9.17, 15) is 13.2 Å². The predicted molar refractivity (Wildman–Crippen MR) is 130 cm³/mol. The molecule has 9 heteroatoms. The first-order valence-corrected chi connectivity index (χ1v) is 14.0. The van der Waals surface area contributed by atoms with E-state index in [4.69, 9.17) is 4.74 Å². The molecule has 1 amide bonds. The SMILES string of the molecule is COc1ccc([C@@H](CNC(=O)[C@H]2CCCN(S(=O)(=O)c3cccs3)C2)N2CCCCC2)cc1. The average Bonchev–Trinajstić information content (AvgIpc) is 3.41. The molecule has 0 bridgehead atoms. The molecule has 0 radical (unpaired) electrons. The van der Waals surface area contributed by atoms with Gasteiger partial charge < -0.3 is 10.1 Å². The summed E-state index contributed by atoms with van der Waals surface area (Å²) >= 11 is 1.22. The Morgan fingerprint density at radius 2 is 1.88 bits per heavy atom. The third-order valence-corrected chi connectivity index (χ3v) is 9.88. The number of rotatable bonds is 8. The number of amides is 1. The standard InChI is InChI=1S/C24H33N3O4S2/c1-31-21-11-9-19(10-12-21)22(26-13-3-2-4-14-26)17-25-24(28)20-7-5-15-27(18-20)33(29,30)23-8-6-16-32-23/h6,8-12,16,20,22H,2-5,7,13-15,17-18H2,1H3,(H,25,28)/t20-,22+/m0/s1. The minimum atomic E-state index is -3.53. The van der Waals surface area contributed by atoms with Crippen LogP contribution in [0.3, 0.4) is 0 Å². The number of carbonyl (C=O) groups is 1. The Hall–Kier alpha value is -1.94. The number of benzene rings is 1. The van der Waals surface area contributed by atoms with Crippen LogP contribution in [0.4, 0.5) is 0 Å². The van der Waals surface area contributed by atoms with Crippen molar-refractivity contribution < 1.29 is 17.9 Å². The Bertz CT molecular complexity index is 1000. The number of sulfonamides is 1. The van der Waals surface area contributed by atoms with Crippen LogP contribution >= 0.6 is 11.3 Å². The Kier molecular flexibility index (Phi) is 8.06. The zero-order chi connectivity index (χ0) is 23.3. The number of carbonyl (C=O) groups excluding carboxylic acids is 1. The lowest BCUT2D eigenvalue weighted by atomic mass is 9.97.